The predicted octanol–water partition coefficient (Wildman–Crippen LogP) is 3.16. The molecule has 1 aromatic heterocycles. The van der Waals surface area contributed by atoms with Gasteiger partial charge in [-0.05, 0) is 29.7 Å². The molecule has 1 heterocycles. The first-order valence-electron chi connectivity index (χ1n) is 4.18. The van der Waals surface area contributed by atoms with E-state index in [4.69, 9.17) is 0 Å². The molecule has 0 unspecified atom stereocenters. The Kier molecular flexibility index (Phi) is 2.56. The van der Waals surface area contributed by atoms with E-state index in [2.05, 4.69) is 15.9 Å². The van der Waals surface area contributed by atoms with E-state index in [0.717, 1.165) is 10.7 Å². The van der Waals surface area contributed by atoms with Crippen LogP contribution in [-0.4, -0.2) is 4.57 Å². The molecule has 2 nitrogen and oxygen atoms in total. The number of benzene rings is 1. The Morgan fingerprint density at radius 3 is 2.67 bits per heavy atom. The van der Waals surface area contributed by atoms with Crippen LogP contribution in [0.4, 0.5) is 8.78 Å². The first kappa shape index (κ1) is 10.3. The molecule has 0 bridgehead atoms. The van der Waals surface area contributed by atoms with Gasteiger partial charge in [0.1, 0.15) is 0 Å². The lowest BCUT2D eigenvalue weighted by Crippen LogP contribution is -2.19. The van der Waals surface area contributed by atoms with Gasteiger partial charge < -0.3 is 0 Å². The highest BCUT2D eigenvalue weighted by Crippen LogP contribution is 2.18. The molecule has 1 aromatic carbocycles. The number of alkyl halides is 2. The number of aromatic nitrogens is 1. The summed E-state index contributed by atoms with van der Waals surface area (Å²) >= 11 is 3.25. The summed E-state index contributed by atoms with van der Waals surface area (Å²) in [5, 5.41) is 0.937. The number of halogens is 3. The van der Waals surface area contributed by atoms with E-state index in [9.17, 15) is 13.6 Å². The van der Waals surface area contributed by atoms with E-state index in [1.54, 1.807) is 12.1 Å². The van der Waals surface area contributed by atoms with Crippen LogP contribution in [0.5, 0.6) is 0 Å². The standard InChI is InChI=1S/C10H6BrF2NO/c11-7-1-2-8-6(5-7)3-4-14(9(8)15)10(12)13/h1-5,10H. The molecule has 0 spiro atoms. The van der Waals surface area contributed by atoms with Crippen LogP contribution in [0, 0.1) is 0 Å². The quantitative estimate of drug-likeness (QED) is 0.782. The van der Waals surface area contributed by atoms with Crippen molar-refractivity contribution in [3.05, 3.63) is 45.3 Å². The second-order valence-corrected chi connectivity index (χ2v) is 3.95. The van der Waals surface area contributed by atoms with Crippen molar-refractivity contribution < 1.29 is 8.78 Å². The third-order valence-corrected chi connectivity index (χ3v) is 2.60. The van der Waals surface area contributed by atoms with Gasteiger partial charge in [-0.2, -0.15) is 8.78 Å². The minimum Gasteiger partial charge on any atom is -0.269 e. The summed E-state index contributed by atoms with van der Waals surface area (Å²) in [6.07, 6.45) is 1.10. The lowest BCUT2D eigenvalue weighted by Gasteiger charge is -2.05. The number of fused-ring (bicyclic) bond motifs is 1. The fourth-order valence-electron chi connectivity index (χ4n) is 1.39. The Bertz CT molecular complexity index is 565. The molecule has 15 heavy (non-hydrogen) atoms. The number of hydrogen-bond acceptors (Lipinski definition) is 1. The molecule has 2 aromatic rings. The first-order chi connectivity index (χ1) is 7.09. The summed E-state index contributed by atoms with van der Waals surface area (Å²) in [6.45, 7) is -2.80. The molecule has 0 saturated carbocycles. The molecule has 5 heteroatoms. The van der Waals surface area contributed by atoms with Crippen LogP contribution in [0.3, 0.4) is 0 Å². The average Bonchev–Trinajstić information content (AvgIpc) is 2.17. The zero-order chi connectivity index (χ0) is 11.0. The van der Waals surface area contributed by atoms with Crippen LogP contribution < -0.4 is 5.56 Å². The van der Waals surface area contributed by atoms with E-state index in [-0.39, 0.29) is 0 Å². The number of rotatable bonds is 1. The van der Waals surface area contributed by atoms with Crippen LogP contribution >= 0.6 is 15.9 Å². The Morgan fingerprint density at radius 2 is 2.00 bits per heavy atom. The maximum absolute atomic E-state index is 12.4. The van der Waals surface area contributed by atoms with E-state index >= 15 is 0 Å². The Balaban J connectivity index is 2.80. The molecule has 0 N–H and O–H groups in total. The van der Waals surface area contributed by atoms with Gasteiger partial charge in [-0.15, -0.1) is 0 Å². The van der Waals surface area contributed by atoms with Gasteiger partial charge in [0, 0.05) is 16.1 Å². The van der Waals surface area contributed by atoms with Crippen LogP contribution in [0.25, 0.3) is 10.8 Å². The van der Waals surface area contributed by atoms with Gasteiger partial charge in [0.05, 0.1) is 0 Å². The molecular weight excluding hydrogens is 268 g/mol. The number of nitrogens with zero attached hydrogens (tertiary/aromatic N) is 1. The Labute approximate surface area is 92.3 Å². The molecule has 0 amide bonds. The van der Waals surface area contributed by atoms with Crippen molar-refractivity contribution in [3.63, 3.8) is 0 Å². The van der Waals surface area contributed by atoms with Gasteiger partial charge in [-0.25, -0.2) is 0 Å². The Hall–Kier alpha value is -1.23. The molecule has 0 aliphatic rings. The third kappa shape index (κ3) is 1.79. The minimum atomic E-state index is -2.80. The smallest absolute Gasteiger partial charge is 0.269 e. The van der Waals surface area contributed by atoms with Gasteiger partial charge in [0.15, 0.2) is 0 Å². The maximum atomic E-state index is 12.4. The highest BCUT2D eigenvalue weighted by atomic mass is 79.9. The van der Waals surface area contributed by atoms with Crippen molar-refractivity contribution in [2.24, 2.45) is 0 Å². The molecule has 78 valence electrons. The largest absolute Gasteiger partial charge is 0.321 e. The lowest BCUT2D eigenvalue weighted by atomic mass is 10.2. The first-order valence-corrected chi connectivity index (χ1v) is 4.97. The zero-order valence-electron chi connectivity index (χ0n) is 7.45. The van der Waals surface area contributed by atoms with Gasteiger partial charge in [-0.1, -0.05) is 15.9 Å². The van der Waals surface area contributed by atoms with Crippen molar-refractivity contribution in [2.45, 2.75) is 6.55 Å². The normalized spacial score (nSPS) is 11.2. The molecule has 0 aliphatic heterocycles. The summed E-state index contributed by atoms with van der Waals surface area (Å²) in [6, 6.07) is 6.39. The van der Waals surface area contributed by atoms with Gasteiger partial charge in [-0.3, -0.25) is 9.36 Å². The van der Waals surface area contributed by atoms with Crippen LogP contribution in [0.15, 0.2) is 39.7 Å². The van der Waals surface area contributed by atoms with Crippen molar-refractivity contribution >= 4 is 26.7 Å². The van der Waals surface area contributed by atoms with Crippen molar-refractivity contribution in [3.8, 4) is 0 Å². The number of pyridine rings is 1. The van der Waals surface area contributed by atoms with Gasteiger partial charge >= 0.3 is 6.55 Å². The SMILES string of the molecule is O=c1c2ccc(Br)cc2ccn1C(F)F. The fraction of sp³-hybridized carbons (Fsp3) is 0.100. The van der Waals surface area contributed by atoms with E-state index in [1.807, 2.05) is 0 Å². The van der Waals surface area contributed by atoms with E-state index in [1.165, 1.54) is 12.1 Å². The summed E-state index contributed by atoms with van der Waals surface area (Å²) in [5.74, 6) is 0. The molecular formula is C10H6BrF2NO. The summed E-state index contributed by atoms with van der Waals surface area (Å²) in [4.78, 5) is 11.5. The van der Waals surface area contributed by atoms with Crippen LogP contribution in [0.1, 0.15) is 6.55 Å². The van der Waals surface area contributed by atoms with Gasteiger partial charge in [0.2, 0.25) is 0 Å². The maximum Gasteiger partial charge on any atom is 0.321 e. The number of hydrogen-bond donors (Lipinski definition) is 0. The highest BCUT2D eigenvalue weighted by molar-refractivity contribution is 9.10. The predicted molar refractivity (Wildman–Crippen MR) is 57.2 cm³/mol. The Morgan fingerprint density at radius 1 is 1.27 bits per heavy atom. The molecule has 2 rings (SSSR count). The van der Waals surface area contributed by atoms with Crippen LogP contribution in [-0.2, 0) is 0 Å². The second-order valence-electron chi connectivity index (χ2n) is 3.04. The van der Waals surface area contributed by atoms with Gasteiger partial charge in [0.25, 0.3) is 5.56 Å². The van der Waals surface area contributed by atoms with Crippen molar-refractivity contribution in [2.75, 3.05) is 0 Å². The zero-order valence-corrected chi connectivity index (χ0v) is 9.04. The lowest BCUT2D eigenvalue weighted by molar-refractivity contribution is 0.0669. The summed E-state index contributed by atoms with van der Waals surface area (Å²) in [5.41, 5.74) is -0.671. The van der Waals surface area contributed by atoms with Crippen LogP contribution in [0.2, 0.25) is 0 Å². The monoisotopic (exact) mass is 273 g/mol. The summed E-state index contributed by atoms with van der Waals surface area (Å²) < 4.78 is 26.0. The molecule has 0 radical (unpaired) electrons. The third-order valence-electron chi connectivity index (χ3n) is 2.10. The van der Waals surface area contributed by atoms with E-state index in [0.29, 0.717) is 15.3 Å². The average molecular weight is 274 g/mol. The fourth-order valence-corrected chi connectivity index (χ4v) is 1.77. The molecule has 0 atom stereocenters. The summed E-state index contributed by atoms with van der Waals surface area (Å²) in [7, 11) is 0. The topological polar surface area (TPSA) is 22.0 Å². The van der Waals surface area contributed by atoms with Crippen molar-refractivity contribution in [1.82, 2.24) is 4.57 Å². The highest BCUT2D eigenvalue weighted by Gasteiger charge is 2.09. The minimum absolute atomic E-state index is 0.293. The molecule has 0 aliphatic carbocycles. The molecule has 0 fully saturated rings. The van der Waals surface area contributed by atoms with Crippen molar-refractivity contribution in [1.29, 1.82) is 0 Å². The molecule has 0 saturated heterocycles. The second kappa shape index (κ2) is 3.73. The van der Waals surface area contributed by atoms with E-state index < -0.39 is 12.1 Å².